The number of hydrogen-bond donors (Lipinski definition) is 1. The first kappa shape index (κ1) is 15.8. The fourth-order valence-electron chi connectivity index (χ4n) is 2.57. The molecule has 4 heteroatoms. The molecule has 0 spiro atoms. The van der Waals surface area contributed by atoms with Crippen molar-refractivity contribution >= 4 is 33.2 Å². The van der Waals surface area contributed by atoms with Gasteiger partial charge in [-0.25, -0.2) is 0 Å². The van der Waals surface area contributed by atoms with Crippen molar-refractivity contribution in [3.8, 4) is 0 Å². The zero-order valence-corrected chi connectivity index (χ0v) is 14.1. The Hall–Kier alpha value is -0.550. The number of thioether (sulfide) groups is 1. The van der Waals surface area contributed by atoms with Crippen molar-refractivity contribution in [3.63, 3.8) is 0 Å². The van der Waals surface area contributed by atoms with Gasteiger partial charge in [0.15, 0.2) is 0 Å². The Morgan fingerprint density at radius 3 is 2.80 bits per heavy atom. The van der Waals surface area contributed by atoms with E-state index in [2.05, 4.69) is 54.8 Å². The summed E-state index contributed by atoms with van der Waals surface area (Å²) in [6.07, 6.45) is 3.37. The third-order valence-electron chi connectivity index (χ3n) is 4.02. The van der Waals surface area contributed by atoms with Gasteiger partial charge in [-0.3, -0.25) is 4.90 Å². The topological polar surface area (TPSA) is 29.3 Å². The Balaban J connectivity index is 2.23. The molecule has 2 aromatic rings. The van der Waals surface area contributed by atoms with Crippen LogP contribution in [0, 0.1) is 0 Å². The van der Waals surface area contributed by atoms with Crippen LogP contribution in [0.1, 0.15) is 24.9 Å². The average molecular weight is 309 g/mol. The number of hydrogen-bond acceptors (Lipinski definition) is 4. The highest BCUT2D eigenvalue weighted by Crippen LogP contribution is 2.33. The third kappa shape index (κ3) is 3.37. The van der Waals surface area contributed by atoms with Gasteiger partial charge in [0.05, 0.1) is 0 Å². The second-order valence-electron chi connectivity index (χ2n) is 5.23. The van der Waals surface area contributed by atoms with Crippen LogP contribution in [-0.4, -0.2) is 36.5 Å². The summed E-state index contributed by atoms with van der Waals surface area (Å²) in [5.41, 5.74) is 7.46. The molecule has 2 N–H and O–H groups in total. The Bertz CT molecular complexity index is 538. The maximum Gasteiger partial charge on any atom is 0.0484 e. The van der Waals surface area contributed by atoms with Crippen LogP contribution in [0.5, 0.6) is 0 Å². The first-order chi connectivity index (χ1) is 9.69. The molecule has 2 atom stereocenters. The smallest absolute Gasteiger partial charge is 0.0484 e. The molecule has 0 radical (unpaired) electrons. The minimum Gasteiger partial charge on any atom is -0.329 e. The Morgan fingerprint density at radius 1 is 1.35 bits per heavy atom. The minimum atomic E-state index is 0.308. The largest absolute Gasteiger partial charge is 0.329 e. The highest BCUT2D eigenvalue weighted by molar-refractivity contribution is 7.98. The van der Waals surface area contributed by atoms with Crippen LogP contribution < -0.4 is 5.73 Å². The number of rotatable bonds is 7. The van der Waals surface area contributed by atoms with Crippen LogP contribution in [0.3, 0.4) is 0 Å². The molecule has 0 saturated carbocycles. The highest BCUT2D eigenvalue weighted by atomic mass is 32.2. The van der Waals surface area contributed by atoms with E-state index in [-0.39, 0.29) is 0 Å². The average Bonchev–Trinajstić information content (AvgIpc) is 2.89. The minimum absolute atomic E-state index is 0.308. The predicted molar refractivity (Wildman–Crippen MR) is 93.8 cm³/mol. The van der Waals surface area contributed by atoms with Crippen molar-refractivity contribution in [1.82, 2.24) is 4.90 Å². The fraction of sp³-hybridized carbons (Fsp3) is 0.500. The van der Waals surface area contributed by atoms with Crippen LogP contribution in [0.4, 0.5) is 0 Å². The van der Waals surface area contributed by atoms with Crippen molar-refractivity contribution < 1.29 is 0 Å². The lowest BCUT2D eigenvalue weighted by molar-refractivity contribution is 0.187. The van der Waals surface area contributed by atoms with E-state index in [0.29, 0.717) is 18.6 Å². The van der Waals surface area contributed by atoms with Crippen LogP contribution in [0.25, 0.3) is 10.1 Å². The lowest BCUT2D eigenvalue weighted by atomic mass is 10.0. The molecule has 1 heterocycles. The van der Waals surface area contributed by atoms with E-state index in [1.807, 2.05) is 23.1 Å². The molecule has 2 nitrogen and oxygen atoms in total. The van der Waals surface area contributed by atoms with Gasteiger partial charge in [0.25, 0.3) is 0 Å². The summed E-state index contributed by atoms with van der Waals surface area (Å²) in [6.45, 7) is 2.97. The molecular weight excluding hydrogens is 284 g/mol. The summed E-state index contributed by atoms with van der Waals surface area (Å²) in [7, 11) is 2.20. The van der Waals surface area contributed by atoms with Gasteiger partial charge >= 0.3 is 0 Å². The summed E-state index contributed by atoms with van der Waals surface area (Å²) in [6, 6.07) is 9.48. The van der Waals surface area contributed by atoms with Gasteiger partial charge in [-0.2, -0.15) is 11.8 Å². The second kappa shape index (κ2) is 7.46. The van der Waals surface area contributed by atoms with Gasteiger partial charge in [0.2, 0.25) is 0 Å². The zero-order valence-electron chi connectivity index (χ0n) is 12.5. The normalized spacial score (nSPS) is 14.8. The number of nitrogens with zero attached hydrogens (tertiary/aromatic N) is 1. The van der Waals surface area contributed by atoms with Crippen LogP contribution >= 0.6 is 23.1 Å². The van der Waals surface area contributed by atoms with Crippen molar-refractivity contribution in [2.45, 2.75) is 25.4 Å². The molecule has 2 unspecified atom stereocenters. The van der Waals surface area contributed by atoms with Gasteiger partial charge < -0.3 is 5.73 Å². The molecule has 1 aromatic heterocycles. The van der Waals surface area contributed by atoms with Gasteiger partial charge in [-0.1, -0.05) is 18.2 Å². The lowest BCUT2D eigenvalue weighted by Crippen LogP contribution is -2.37. The van der Waals surface area contributed by atoms with Crippen molar-refractivity contribution in [3.05, 3.63) is 35.2 Å². The van der Waals surface area contributed by atoms with Crippen molar-refractivity contribution in [2.24, 2.45) is 5.73 Å². The number of thiophene rings is 1. The SMILES string of the molecule is CSCCC(C)N(C)C(CN)c1csc2ccccc12. The first-order valence-electron chi connectivity index (χ1n) is 7.06. The van der Waals surface area contributed by atoms with Gasteiger partial charge in [0, 0.05) is 23.3 Å². The molecule has 110 valence electrons. The zero-order chi connectivity index (χ0) is 14.5. The Morgan fingerprint density at radius 2 is 2.10 bits per heavy atom. The molecular formula is C16H24N2S2. The van der Waals surface area contributed by atoms with Crippen LogP contribution in [0.2, 0.25) is 0 Å². The molecule has 20 heavy (non-hydrogen) atoms. The van der Waals surface area contributed by atoms with Gasteiger partial charge in [-0.05, 0) is 54.8 Å². The standard InChI is InChI=1S/C16H24N2S2/c1-12(8-9-19-3)18(2)15(10-17)14-11-20-16-7-5-4-6-13(14)16/h4-7,11-12,15H,8-10,17H2,1-3H3. The molecule has 0 aliphatic carbocycles. The number of nitrogens with two attached hydrogens (primary N) is 1. The van der Waals surface area contributed by atoms with Gasteiger partial charge in [-0.15, -0.1) is 11.3 Å². The van der Waals surface area contributed by atoms with Gasteiger partial charge in [0.1, 0.15) is 0 Å². The summed E-state index contributed by atoms with van der Waals surface area (Å²) in [5, 5.41) is 3.64. The van der Waals surface area contributed by atoms with E-state index in [1.165, 1.54) is 27.8 Å². The van der Waals surface area contributed by atoms with E-state index >= 15 is 0 Å². The van der Waals surface area contributed by atoms with E-state index in [4.69, 9.17) is 5.73 Å². The highest BCUT2D eigenvalue weighted by Gasteiger charge is 2.22. The molecule has 0 fully saturated rings. The summed E-state index contributed by atoms with van der Waals surface area (Å²) in [5.74, 6) is 1.20. The fourth-order valence-corrected chi connectivity index (χ4v) is 4.15. The summed E-state index contributed by atoms with van der Waals surface area (Å²) >= 11 is 3.73. The Labute approximate surface area is 130 Å². The van der Waals surface area contributed by atoms with Crippen LogP contribution in [-0.2, 0) is 0 Å². The molecule has 2 rings (SSSR count). The first-order valence-corrected chi connectivity index (χ1v) is 9.33. The quantitative estimate of drug-likeness (QED) is 0.839. The van der Waals surface area contributed by atoms with E-state index in [9.17, 15) is 0 Å². The molecule has 1 aromatic carbocycles. The monoisotopic (exact) mass is 308 g/mol. The molecule has 0 aliphatic rings. The maximum atomic E-state index is 6.08. The molecule has 0 aliphatic heterocycles. The number of fused-ring (bicyclic) bond motifs is 1. The summed E-state index contributed by atoms with van der Waals surface area (Å²) in [4.78, 5) is 2.44. The lowest BCUT2D eigenvalue weighted by Gasteiger charge is -2.32. The molecule has 0 saturated heterocycles. The predicted octanol–water partition coefficient (Wildman–Crippen LogP) is 3.97. The third-order valence-corrected chi connectivity index (χ3v) is 5.65. The number of likely N-dealkylation sites (N-methyl/N-ethyl adjacent to an activating group) is 1. The maximum absolute atomic E-state index is 6.08. The number of benzene rings is 1. The Kier molecular flexibility index (Phi) is 5.90. The molecule has 0 bridgehead atoms. The molecule has 0 amide bonds. The van der Waals surface area contributed by atoms with Crippen LogP contribution in [0.15, 0.2) is 29.6 Å². The van der Waals surface area contributed by atoms with E-state index in [1.54, 1.807) is 0 Å². The second-order valence-corrected chi connectivity index (χ2v) is 7.13. The van der Waals surface area contributed by atoms with Crippen molar-refractivity contribution in [1.29, 1.82) is 0 Å². The summed E-state index contributed by atoms with van der Waals surface area (Å²) < 4.78 is 1.35. The van der Waals surface area contributed by atoms with Crippen molar-refractivity contribution in [2.75, 3.05) is 25.6 Å². The van der Waals surface area contributed by atoms with E-state index < -0.39 is 0 Å². The van der Waals surface area contributed by atoms with E-state index in [0.717, 1.165) is 0 Å².